The molecule has 2 N–H and O–H groups in total. The van der Waals surface area contributed by atoms with E-state index in [1.807, 2.05) is 72.0 Å². The Bertz CT molecular complexity index is 1100. The number of hydrogen-bond donors (Lipinski definition) is 2. The summed E-state index contributed by atoms with van der Waals surface area (Å²) in [5, 5.41) is 1.38. The van der Waals surface area contributed by atoms with Crippen LogP contribution in [-0.2, 0) is 18.8 Å². The van der Waals surface area contributed by atoms with Crippen LogP contribution < -0.4 is 10.9 Å². The number of carbonyl (C=O) groups is 2. The van der Waals surface area contributed by atoms with Gasteiger partial charge in [-0.15, -0.1) is 0 Å². The minimum absolute atomic E-state index is 0.0558. The second-order valence-electron chi connectivity index (χ2n) is 11.3. The van der Waals surface area contributed by atoms with Gasteiger partial charge in [0.05, 0.1) is 30.2 Å². The highest BCUT2D eigenvalue weighted by molar-refractivity contribution is 6.62. The van der Waals surface area contributed by atoms with Crippen LogP contribution in [0.5, 0.6) is 0 Å². The van der Waals surface area contributed by atoms with E-state index in [0.717, 1.165) is 48.2 Å². The van der Waals surface area contributed by atoms with Crippen LogP contribution in [-0.4, -0.2) is 58.4 Å². The fraction of sp³-hybridized carbons (Fsp3) is 0.593. The van der Waals surface area contributed by atoms with Crippen molar-refractivity contribution in [1.29, 1.82) is 0 Å². The molecule has 1 saturated heterocycles. The predicted octanol–water partition coefficient (Wildman–Crippen LogP) is 4.16. The molecule has 9 nitrogen and oxygen atoms in total. The second kappa shape index (κ2) is 10.5. The van der Waals surface area contributed by atoms with Gasteiger partial charge < -0.3 is 19.0 Å². The summed E-state index contributed by atoms with van der Waals surface area (Å²) in [5.74, 6) is 0.345. The Hall–Kier alpha value is -2.85. The number of nitrogens with one attached hydrogen (secondary N) is 2. The molecule has 2 amide bonds. The number of rotatable bonds is 5. The van der Waals surface area contributed by atoms with Crippen molar-refractivity contribution in [3.63, 3.8) is 0 Å². The summed E-state index contributed by atoms with van der Waals surface area (Å²) >= 11 is 0. The van der Waals surface area contributed by atoms with Crippen LogP contribution in [0.25, 0.3) is 11.3 Å². The zero-order valence-corrected chi connectivity index (χ0v) is 23.0. The third kappa shape index (κ3) is 5.55. The van der Waals surface area contributed by atoms with Gasteiger partial charge in [-0.05, 0) is 65.4 Å². The average molecular weight is 510 g/mol. The molecule has 1 aromatic carbocycles. The van der Waals surface area contributed by atoms with Gasteiger partial charge in [0.15, 0.2) is 0 Å². The average Bonchev–Trinajstić information content (AvgIpc) is 3.44. The number of hydrazine groups is 1. The molecule has 2 aromatic rings. The summed E-state index contributed by atoms with van der Waals surface area (Å²) in [6.45, 7) is 11.9. The van der Waals surface area contributed by atoms with Crippen molar-refractivity contribution in [3.05, 3.63) is 36.3 Å². The maximum Gasteiger partial charge on any atom is 0.494 e. The minimum Gasteiger partial charge on any atom is -0.452 e. The number of aromatic nitrogens is 2. The lowest BCUT2D eigenvalue weighted by Gasteiger charge is -2.35. The standard InChI is InChI=1S/C27H39BN4O5/c1-17(2)32(31-25(34)35-7)24(33)21-11-9-8-10-20(21)23-29-16-22(30-23)18-12-14-19(15-13-18)28-36-26(3,4)27(5,6)37-28/h12-17,20-21H,8-11H2,1-7H3,(H,29,30)(H,31,34)/t20-,21-/m0/s1. The quantitative estimate of drug-likeness (QED) is 0.463. The molecular weight excluding hydrogens is 471 g/mol. The van der Waals surface area contributed by atoms with Crippen LogP contribution in [0, 0.1) is 5.92 Å². The normalized spacial score (nSPS) is 22.6. The number of methoxy groups -OCH3 is 1. The molecule has 4 rings (SSSR count). The van der Waals surface area contributed by atoms with Crippen molar-refractivity contribution in [2.45, 2.75) is 90.4 Å². The summed E-state index contributed by atoms with van der Waals surface area (Å²) in [5.41, 5.74) is 4.65. The smallest absolute Gasteiger partial charge is 0.452 e. The fourth-order valence-corrected chi connectivity index (χ4v) is 4.99. The van der Waals surface area contributed by atoms with E-state index in [2.05, 4.69) is 15.4 Å². The van der Waals surface area contributed by atoms with Gasteiger partial charge in [0.1, 0.15) is 5.82 Å². The van der Waals surface area contributed by atoms with Gasteiger partial charge in [0.2, 0.25) is 5.91 Å². The van der Waals surface area contributed by atoms with Gasteiger partial charge in [-0.1, -0.05) is 37.1 Å². The molecule has 2 atom stereocenters. The zero-order chi connectivity index (χ0) is 27.0. The number of hydrogen-bond acceptors (Lipinski definition) is 6. The monoisotopic (exact) mass is 510 g/mol. The van der Waals surface area contributed by atoms with Crippen molar-refractivity contribution in [2.75, 3.05) is 7.11 Å². The van der Waals surface area contributed by atoms with Gasteiger partial charge in [-0.25, -0.2) is 20.2 Å². The van der Waals surface area contributed by atoms with E-state index >= 15 is 0 Å². The van der Waals surface area contributed by atoms with Gasteiger partial charge in [-0.2, -0.15) is 0 Å². The summed E-state index contributed by atoms with van der Waals surface area (Å²) in [7, 11) is 0.876. The Balaban J connectivity index is 1.51. The van der Waals surface area contributed by atoms with Crippen LogP contribution >= 0.6 is 0 Å². The van der Waals surface area contributed by atoms with E-state index in [1.54, 1.807) is 0 Å². The zero-order valence-electron chi connectivity index (χ0n) is 23.0. The van der Waals surface area contributed by atoms with Crippen LogP contribution in [0.4, 0.5) is 4.79 Å². The Morgan fingerprint density at radius 3 is 2.32 bits per heavy atom. The Morgan fingerprint density at radius 1 is 1.11 bits per heavy atom. The van der Waals surface area contributed by atoms with Crippen LogP contribution in [0.3, 0.4) is 0 Å². The van der Waals surface area contributed by atoms with Crippen molar-refractivity contribution in [2.24, 2.45) is 5.92 Å². The van der Waals surface area contributed by atoms with E-state index in [-0.39, 0.29) is 35.0 Å². The van der Waals surface area contributed by atoms with E-state index in [4.69, 9.17) is 14.0 Å². The number of H-pyrrole nitrogens is 1. The number of carbonyl (C=O) groups excluding carboxylic acids is 2. The lowest BCUT2D eigenvalue weighted by atomic mass is 9.78. The topological polar surface area (TPSA) is 106 Å². The number of imidazole rings is 1. The lowest BCUT2D eigenvalue weighted by molar-refractivity contribution is -0.142. The van der Waals surface area contributed by atoms with Crippen molar-refractivity contribution in [1.82, 2.24) is 20.4 Å². The highest BCUT2D eigenvalue weighted by Crippen LogP contribution is 2.39. The van der Waals surface area contributed by atoms with Crippen molar-refractivity contribution in [3.8, 4) is 11.3 Å². The molecule has 0 bridgehead atoms. The van der Waals surface area contributed by atoms with Crippen LogP contribution in [0.2, 0.25) is 0 Å². The maximum atomic E-state index is 13.5. The number of nitrogens with zero attached hydrogens (tertiary/aromatic N) is 2. The molecule has 1 aromatic heterocycles. The van der Waals surface area contributed by atoms with E-state index in [0.29, 0.717) is 0 Å². The van der Waals surface area contributed by atoms with Crippen LogP contribution in [0.15, 0.2) is 30.5 Å². The Morgan fingerprint density at radius 2 is 1.73 bits per heavy atom. The number of amides is 2. The Kier molecular flexibility index (Phi) is 7.71. The van der Waals surface area contributed by atoms with E-state index < -0.39 is 13.2 Å². The first-order valence-electron chi connectivity index (χ1n) is 13.1. The van der Waals surface area contributed by atoms with Crippen molar-refractivity contribution >= 4 is 24.6 Å². The Labute approximate surface area is 219 Å². The molecule has 1 aliphatic carbocycles. The third-order valence-electron chi connectivity index (χ3n) is 7.93. The number of ether oxygens (including phenoxy) is 1. The molecule has 0 unspecified atom stereocenters. The molecule has 0 radical (unpaired) electrons. The van der Waals surface area contributed by atoms with E-state index in [9.17, 15) is 9.59 Å². The third-order valence-corrected chi connectivity index (χ3v) is 7.93. The minimum atomic E-state index is -0.654. The molecule has 1 saturated carbocycles. The van der Waals surface area contributed by atoms with Gasteiger partial charge in [0, 0.05) is 17.9 Å². The SMILES string of the molecule is COC(=O)NN(C(=O)[C@H]1CCCC[C@@H]1c1ncc(-c2ccc(B3OC(C)(C)C(C)(C)O3)cc2)[nH]1)C(C)C. The summed E-state index contributed by atoms with van der Waals surface area (Å²) in [4.78, 5) is 33.5. The van der Waals surface area contributed by atoms with Gasteiger partial charge in [0.25, 0.3) is 0 Å². The molecule has 2 heterocycles. The molecule has 2 fully saturated rings. The fourth-order valence-electron chi connectivity index (χ4n) is 4.99. The molecular formula is C27H39BN4O5. The second-order valence-corrected chi connectivity index (χ2v) is 11.3. The maximum absolute atomic E-state index is 13.5. The first-order chi connectivity index (χ1) is 17.4. The van der Waals surface area contributed by atoms with E-state index in [1.165, 1.54) is 12.1 Å². The first kappa shape index (κ1) is 27.2. The summed E-state index contributed by atoms with van der Waals surface area (Å²) in [6, 6.07) is 7.89. The first-order valence-corrected chi connectivity index (χ1v) is 13.1. The highest BCUT2D eigenvalue weighted by atomic mass is 16.7. The van der Waals surface area contributed by atoms with Gasteiger partial charge >= 0.3 is 13.2 Å². The number of benzene rings is 1. The molecule has 0 spiro atoms. The molecule has 200 valence electrons. The predicted molar refractivity (Wildman–Crippen MR) is 142 cm³/mol. The lowest BCUT2D eigenvalue weighted by Crippen LogP contribution is -2.53. The molecule has 10 heteroatoms. The molecule has 1 aliphatic heterocycles. The molecule has 2 aliphatic rings. The molecule has 37 heavy (non-hydrogen) atoms. The highest BCUT2D eigenvalue weighted by Gasteiger charge is 2.51. The largest absolute Gasteiger partial charge is 0.494 e. The number of aromatic amines is 1. The summed E-state index contributed by atoms with van der Waals surface area (Å²) in [6.07, 6.45) is 4.76. The van der Waals surface area contributed by atoms with Gasteiger partial charge in [-0.3, -0.25) is 4.79 Å². The summed E-state index contributed by atoms with van der Waals surface area (Å²) < 4.78 is 17.1. The van der Waals surface area contributed by atoms with Crippen LogP contribution in [0.1, 0.15) is 79.0 Å². The van der Waals surface area contributed by atoms with Crippen molar-refractivity contribution < 1.29 is 23.6 Å².